The van der Waals surface area contributed by atoms with E-state index in [4.69, 9.17) is 9.47 Å². The first kappa shape index (κ1) is 16.5. The van der Waals surface area contributed by atoms with Crippen LogP contribution >= 0.6 is 0 Å². The molecule has 2 aromatic rings. The maximum absolute atomic E-state index is 12.5. The molecule has 0 atom stereocenters. The topological polar surface area (TPSA) is 47.6 Å². The molecule has 1 aliphatic rings. The van der Waals surface area contributed by atoms with E-state index in [9.17, 15) is 4.79 Å². The highest BCUT2D eigenvalue weighted by molar-refractivity contribution is 6.04. The molecule has 0 bridgehead atoms. The second kappa shape index (κ2) is 7.49. The maximum atomic E-state index is 12.5. The standard InChI is InChI=1S/C20H23NO3/c1-3-24-13-17-11-16(8-10-19(17)23-2)20(22)21-18-9-7-14-5-4-6-15(14)12-18/h7-12H,3-6,13H2,1-2H3,(H,21,22). The van der Waals surface area contributed by atoms with Gasteiger partial charge in [0.05, 0.1) is 13.7 Å². The number of benzene rings is 2. The SMILES string of the molecule is CCOCc1cc(C(=O)Nc2ccc3c(c2)CCC3)ccc1OC. The van der Waals surface area contributed by atoms with Crippen LogP contribution in [0.2, 0.25) is 0 Å². The maximum Gasteiger partial charge on any atom is 0.255 e. The predicted octanol–water partition coefficient (Wildman–Crippen LogP) is 3.97. The van der Waals surface area contributed by atoms with E-state index >= 15 is 0 Å². The first-order valence-corrected chi connectivity index (χ1v) is 8.39. The van der Waals surface area contributed by atoms with Crippen LogP contribution in [0.25, 0.3) is 0 Å². The van der Waals surface area contributed by atoms with Crippen molar-refractivity contribution in [2.75, 3.05) is 19.0 Å². The zero-order chi connectivity index (χ0) is 16.9. The van der Waals surface area contributed by atoms with E-state index in [0.717, 1.165) is 29.8 Å². The number of hydrogen-bond donors (Lipinski definition) is 1. The van der Waals surface area contributed by atoms with Crippen molar-refractivity contribution in [2.45, 2.75) is 32.8 Å². The van der Waals surface area contributed by atoms with Gasteiger partial charge in [0.1, 0.15) is 5.75 Å². The first-order chi connectivity index (χ1) is 11.7. The van der Waals surface area contributed by atoms with Crippen LogP contribution in [0.4, 0.5) is 5.69 Å². The monoisotopic (exact) mass is 325 g/mol. The highest BCUT2D eigenvalue weighted by atomic mass is 16.5. The molecule has 0 saturated carbocycles. The molecule has 0 radical (unpaired) electrons. The van der Waals surface area contributed by atoms with Crippen LogP contribution in [0.3, 0.4) is 0 Å². The van der Waals surface area contributed by atoms with Crippen molar-refractivity contribution < 1.29 is 14.3 Å². The van der Waals surface area contributed by atoms with Gasteiger partial charge in [-0.2, -0.15) is 0 Å². The number of nitrogens with one attached hydrogen (secondary N) is 1. The average Bonchev–Trinajstić information content (AvgIpc) is 3.07. The summed E-state index contributed by atoms with van der Waals surface area (Å²) in [5, 5.41) is 2.99. The summed E-state index contributed by atoms with van der Waals surface area (Å²) in [6, 6.07) is 11.6. The molecule has 1 amide bonds. The van der Waals surface area contributed by atoms with Crippen molar-refractivity contribution in [1.29, 1.82) is 0 Å². The van der Waals surface area contributed by atoms with E-state index < -0.39 is 0 Å². The average molecular weight is 325 g/mol. The van der Waals surface area contributed by atoms with Crippen LogP contribution < -0.4 is 10.1 Å². The molecule has 4 heteroatoms. The van der Waals surface area contributed by atoms with Gasteiger partial charge in [-0.1, -0.05) is 6.07 Å². The fraction of sp³-hybridized carbons (Fsp3) is 0.350. The minimum atomic E-state index is -0.117. The third-order valence-electron chi connectivity index (χ3n) is 4.36. The largest absolute Gasteiger partial charge is 0.496 e. The number of rotatable bonds is 6. The van der Waals surface area contributed by atoms with Crippen molar-refractivity contribution >= 4 is 11.6 Å². The normalized spacial score (nSPS) is 12.8. The molecule has 1 N–H and O–H groups in total. The Morgan fingerprint density at radius 2 is 1.96 bits per heavy atom. The summed E-state index contributed by atoms with van der Waals surface area (Å²) >= 11 is 0. The van der Waals surface area contributed by atoms with Gasteiger partial charge in [0, 0.05) is 23.4 Å². The number of hydrogen-bond acceptors (Lipinski definition) is 3. The summed E-state index contributed by atoms with van der Waals surface area (Å²) in [6.45, 7) is 2.99. The fourth-order valence-corrected chi connectivity index (χ4v) is 3.10. The molecule has 0 unspecified atom stereocenters. The van der Waals surface area contributed by atoms with Crippen LogP contribution in [0.1, 0.15) is 40.4 Å². The zero-order valence-corrected chi connectivity index (χ0v) is 14.2. The lowest BCUT2D eigenvalue weighted by molar-refractivity contribution is 0.102. The molecule has 0 heterocycles. The van der Waals surface area contributed by atoms with Gasteiger partial charge < -0.3 is 14.8 Å². The van der Waals surface area contributed by atoms with E-state index in [0.29, 0.717) is 18.8 Å². The lowest BCUT2D eigenvalue weighted by Crippen LogP contribution is -2.13. The molecule has 1 aliphatic carbocycles. The van der Waals surface area contributed by atoms with Gasteiger partial charge in [0.15, 0.2) is 0 Å². The summed E-state index contributed by atoms with van der Waals surface area (Å²) in [4.78, 5) is 12.5. The number of amides is 1. The Balaban J connectivity index is 1.77. The molecule has 0 aliphatic heterocycles. The number of carbonyl (C=O) groups excluding carboxylic acids is 1. The van der Waals surface area contributed by atoms with Crippen molar-refractivity contribution in [2.24, 2.45) is 0 Å². The van der Waals surface area contributed by atoms with Crippen molar-refractivity contribution in [1.82, 2.24) is 0 Å². The number of ether oxygens (including phenoxy) is 2. The number of methoxy groups -OCH3 is 1. The quantitative estimate of drug-likeness (QED) is 0.874. The second-order valence-electron chi connectivity index (χ2n) is 5.95. The van der Waals surface area contributed by atoms with Gasteiger partial charge in [0.2, 0.25) is 0 Å². The molecule has 0 aromatic heterocycles. The van der Waals surface area contributed by atoms with Crippen LogP contribution in [-0.4, -0.2) is 19.6 Å². The highest BCUT2D eigenvalue weighted by Gasteiger charge is 2.14. The Morgan fingerprint density at radius 3 is 2.75 bits per heavy atom. The molecular weight excluding hydrogens is 302 g/mol. The Morgan fingerprint density at radius 1 is 1.12 bits per heavy atom. The lowest BCUT2D eigenvalue weighted by Gasteiger charge is -2.12. The van der Waals surface area contributed by atoms with Crippen LogP contribution in [-0.2, 0) is 24.2 Å². The minimum Gasteiger partial charge on any atom is -0.496 e. The lowest BCUT2D eigenvalue weighted by atomic mass is 10.1. The Kier molecular flexibility index (Phi) is 5.16. The zero-order valence-electron chi connectivity index (χ0n) is 14.2. The molecular formula is C20H23NO3. The summed E-state index contributed by atoms with van der Waals surface area (Å²) in [6.07, 6.45) is 3.44. The van der Waals surface area contributed by atoms with Gasteiger partial charge in [-0.05, 0) is 67.6 Å². The Hall–Kier alpha value is -2.33. The second-order valence-corrected chi connectivity index (χ2v) is 5.95. The molecule has 3 rings (SSSR count). The number of aryl methyl sites for hydroxylation is 2. The van der Waals surface area contributed by atoms with Gasteiger partial charge in [0.25, 0.3) is 5.91 Å². The fourth-order valence-electron chi connectivity index (χ4n) is 3.10. The molecule has 0 saturated heterocycles. The number of fused-ring (bicyclic) bond motifs is 1. The van der Waals surface area contributed by atoms with Crippen LogP contribution in [0.5, 0.6) is 5.75 Å². The summed E-state index contributed by atoms with van der Waals surface area (Å²) in [5.41, 5.74) is 5.07. The van der Waals surface area contributed by atoms with E-state index in [2.05, 4.69) is 17.4 Å². The van der Waals surface area contributed by atoms with Gasteiger partial charge in [-0.25, -0.2) is 0 Å². The van der Waals surface area contributed by atoms with Gasteiger partial charge >= 0.3 is 0 Å². The van der Waals surface area contributed by atoms with E-state index in [1.54, 1.807) is 13.2 Å². The Bertz CT molecular complexity index is 740. The van der Waals surface area contributed by atoms with Crippen molar-refractivity contribution in [3.63, 3.8) is 0 Å². The summed E-state index contributed by atoms with van der Waals surface area (Å²) in [5.74, 6) is 0.617. The molecule has 126 valence electrons. The van der Waals surface area contributed by atoms with Crippen LogP contribution in [0.15, 0.2) is 36.4 Å². The van der Waals surface area contributed by atoms with E-state index in [-0.39, 0.29) is 5.91 Å². The van der Waals surface area contributed by atoms with Gasteiger partial charge in [-0.3, -0.25) is 4.79 Å². The Labute approximate surface area is 142 Å². The van der Waals surface area contributed by atoms with Crippen molar-refractivity contribution in [3.05, 3.63) is 58.7 Å². The van der Waals surface area contributed by atoms with E-state index in [1.807, 2.05) is 25.1 Å². The molecule has 2 aromatic carbocycles. The third kappa shape index (κ3) is 3.60. The smallest absolute Gasteiger partial charge is 0.255 e. The first-order valence-electron chi connectivity index (χ1n) is 8.39. The number of anilines is 1. The van der Waals surface area contributed by atoms with E-state index in [1.165, 1.54) is 17.5 Å². The van der Waals surface area contributed by atoms with Crippen LogP contribution in [0, 0.1) is 0 Å². The summed E-state index contributed by atoms with van der Waals surface area (Å²) in [7, 11) is 1.62. The van der Waals surface area contributed by atoms with Crippen molar-refractivity contribution in [3.8, 4) is 5.75 Å². The predicted molar refractivity (Wildman–Crippen MR) is 94.7 cm³/mol. The van der Waals surface area contributed by atoms with Gasteiger partial charge in [-0.15, -0.1) is 0 Å². The third-order valence-corrected chi connectivity index (χ3v) is 4.36. The minimum absolute atomic E-state index is 0.117. The molecule has 24 heavy (non-hydrogen) atoms. The molecule has 4 nitrogen and oxygen atoms in total. The summed E-state index contributed by atoms with van der Waals surface area (Å²) < 4.78 is 10.8. The molecule has 0 spiro atoms. The number of carbonyl (C=O) groups is 1. The molecule has 0 fully saturated rings. The highest BCUT2D eigenvalue weighted by Crippen LogP contribution is 2.26.